The molecule has 2 rings (SSSR count). The molecule has 0 radical (unpaired) electrons. The van der Waals surface area contributed by atoms with Gasteiger partial charge in [0.15, 0.2) is 0 Å². The van der Waals surface area contributed by atoms with Gasteiger partial charge in [0.05, 0.1) is 17.5 Å². The molecule has 4 nitrogen and oxygen atoms in total. The number of urea groups is 1. The molecule has 128 valence electrons. The highest BCUT2D eigenvalue weighted by Crippen LogP contribution is 2.32. The van der Waals surface area contributed by atoms with Crippen molar-refractivity contribution in [2.24, 2.45) is 0 Å². The highest BCUT2D eigenvalue weighted by molar-refractivity contribution is 7.99. The number of likely N-dealkylation sites (N-methyl/N-ethyl adjacent to an activating group) is 1. The molecule has 0 aliphatic carbocycles. The maximum Gasteiger partial charge on any atom is 0.398 e. The van der Waals surface area contributed by atoms with Crippen LogP contribution in [-0.4, -0.2) is 49.2 Å². The van der Waals surface area contributed by atoms with Crippen LogP contribution in [0.25, 0.3) is 0 Å². The summed E-state index contributed by atoms with van der Waals surface area (Å²) in [5, 5.41) is 2.66. The molecule has 2 amide bonds. The van der Waals surface area contributed by atoms with E-state index in [1.165, 1.54) is 4.90 Å². The van der Waals surface area contributed by atoms with Crippen molar-refractivity contribution in [3.63, 3.8) is 0 Å². The van der Waals surface area contributed by atoms with Gasteiger partial charge in [0.25, 0.3) is 0 Å². The summed E-state index contributed by atoms with van der Waals surface area (Å²) in [4.78, 5) is 14.1. The number of benzene rings is 1. The van der Waals surface area contributed by atoms with E-state index in [1.807, 2.05) is 0 Å². The Bertz CT molecular complexity index is 534. The average Bonchev–Trinajstić information content (AvgIpc) is 2.98. The van der Waals surface area contributed by atoms with Crippen molar-refractivity contribution in [1.29, 1.82) is 0 Å². The number of thioether (sulfide) groups is 1. The second-order valence-corrected chi connectivity index (χ2v) is 6.36. The van der Waals surface area contributed by atoms with Crippen molar-refractivity contribution in [3.8, 4) is 0 Å². The van der Waals surface area contributed by atoms with Crippen molar-refractivity contribution in [1.82, 2.24) is 4.90 Å². The molecule has 0 spiro atoms. The van der Waals surface area contributed by atoms with Gasteiger partial charge < -0.3 is 15.0 Å². The number of nitrogens with zero attached hydrogens (tertiary/aromatic N) is 1. The number of amides is 2. The molecule has 0 unspecified atom stereocenters. The maximum absolute atomic E-state index is 12.4. The monoisotopic (exact) mass is 348 g/mol. The summed E-state index contributed by atoms with van der Waals surface area (Å²) in [7, 11) is 1.64. The van der Waals surface area contributed by atoms with Crippen molar-refractivity contribution < 1.29 is 22.7 Å². The molecule has 1 N–H and O–H groups in total. The molecule has 1 fully saturated rings. The zero-order valence-corrected chi connectivity index (χ0v) is 13.5. The smallest absolute Gasteiger partial charge is 0.376 e. The lowest BCUT2D eigenvalue weighted by Gasteiger charge is -2.22. The van der Waals surface area contributed by atoms with Crippen LogP contribution < -0.4 is 5.32 Å². The first-order valence-corrected chi connectivity index (χ1v) is 8.26. The van der Waals surface area contributed by atoms with Gasteiger partial charge in [-0.15, -0.1) is 11.8 Å². The number of anilines is 1. The van der Waals surface area contributed by atoms with Gasteiger partial charge in [0.1, 0.15) is 0 Å². The van der Waals surface area contributed by atoms with Crippen LogP contribution >= 0.6 is 11.8 Å². The number of hydrogen-bond donors (Lipinski definition) is 1. The Morgan fingerprint density at radius 3 is 2.83 bits per heavy atom. The fraction of sp³-hybridized carbons (Fsp3) is 0.533. The fourth-order valence-electron chi connectivity index (χ4n) is 2.24. The van der Waals surface area contributed by atoms with Crippen LogP contribution in [0.5, 0.6) is 0 Å². The Morgan fingerprint density at radius 1 is 1.43 bits per heavy atom. The first-order chi connectivity index (χ1) is 10.8. The number of alkyl halides is 3. The minimum Gasteiger partial charge on any atom is -0.376 e. The Labute approximate surface area is 137 Å². The van der Waals surface area contributed by atoms with Crippen molar-refractivity contribution >= 4 is 23.5 Å². The van der Waals surface area contributed by atoms with E-state index in [0.717, 1.165) is 12.8 Å². The zero-order chi connectivity index (χ0) is 16.9. The van der Waals surface area contributed by atoms with Gasteiger partial charge in [-0.2, -0.15) is 13.2 Å². The largest absolute Gasteiger partial charge is 0.398 e. The number of para-hydroxylation sites is 1. The third-order valence-corrected chi connectivity index (χ3v) is 4.51. The van der Waals surface area contributed by atoms with Crippen LogP contribution in [0.15, 0.2) is 29.2 Å². The normalized spacial score (nSPS) is 18.0. The predicted molar refractivity (Wildman–Crippen MR) is 83.8 cm³/mol. The first kappa shape index (κ1) is 17.9. The number of nitrogens with one attached hydrogen (secondary N) is 1. The molecule has 1 saturated heterocycles. The van der Waals surface area contributed by atoms with E-state index in [1.54, 1.807) is 31.3 Å². The minimum atomic E-state index is -4.25. The Morgan fingerprint density at radius 2 is 2.17 bits per heavy atom. The molecule has 0 bridgehead atoms. The molecule has 1 aromatic rings. The summed E-state index contributed by atoms with van der Waals surface area (Å²) in [5.41, 5.74) is 0.381. The van der Waals surface area contributed by atoms with Crippen molar-refractivity contribution in [3.05, 3.63) is 24.3 Å². The van der Waals surface area contributed by atoms with E-state index in [4.69, 9.17) is 4.74 Å². The Kier molecular flexibility index (Phi) is 6.17. The van der Waals surface area contributed by atoms with Crippen LogP contribution in [0.4, 0.5) is 23.7 Å². The predicted octanol–water partition coefficient (Wildman–Crippen LogP) is 3.98. The first-order valence-electron chi connectivity index (χ1n) is 7.27. The van der Waals surface area contributed by atoms with Crippen LogP contribution in [0.3, 0.4) is 0 Å². The highest BCUT2D eigenvalue weighted by atomic mass is 32.2. The number of carbonyl (C=O) groups is 1. The summed E-state index contributed by atoms with van der Waals surface area (Å²) >= 11 is 0.658. The van der Waals surface area contributed by atoms with Gasteiger partial charge in [-0.3, -0.25) is 0 Å². The molecule has 1 aromatic carbocycles. The lowest BCUT2D eigenvalue weighted by atomic mass is 10.2. The summed E-state index contributed by atoms with van der Waals surface area (Å²) in [5.74, 6) is -0.994. The molecule has 1 atom stereocenters. The quantitative estimate of drug-likeness (QED) is 0.818. The lowest BCUT2D eigenvalue weighted by molar-refractivity contribution is -0.105. The number of hydrogen-bond acceptors (Lipinski definition) is 3. The van der Waals surface area contributed by atoms with E-state index in [-0.39, 0.29) is 12.1 Å². The van der Waals surface area contributed by atoms with Gasteiger partial charge in [-0.05, 0) is 25.0 Å². The molecule has 23 heavy (non-hydrogen) atoms. The van der Waals surface area contributed by atoms with Gasteiger partial charge >= 0.3 is 12.2 Å². The second-order valence-electron chi connectivity index (χ2n) is 5.35. The Balaban J connectivity index is 1.94. The van der Waals surface area contributed by atoms with Crippen LogP contribution in [0.1, 0.15) is 12.8 Å². The zero-order valence-electron chi connectivity index (χ0n) is 12.7. The number of carbonyl (C=O) groups excluding carboxylic acids is 1. The molecule has 1 heterocycles. The number of ether oxygens (including phenoxy) is 1. The maximum atomic E-state index is 12.4. The van der Waals surface area contributed by atoms with Crippen LogP contribution in [0, 0.1) is 0 Å². The standard InChI is InChI=1S/C15H19F3N2O2S/c1-20(9-11-5-4-8-22-11)14(21)19-12-6-2-3-7-13(12)23-10-15(16,17)18/h2-3,6-7,11H,4-5,8-10H2,1H3,(H,19,21)/t11-/m0/s1. The van der Waals surface area contributed by atoms with Gasteiger partial charge in [-0.1, -0.05) is 12.1 Å². The summed E-state index contributed by atoms with van der Waals surface area (Å²) < 4.78 is 42.6. The highest BCUT2D eigenvalue weighted by Gasteiger charge is 2.28. The molecular formula is C15H19F3N2O2S. The van der Waals surface area contributed by atoms with Gasteiger partial charge in [0, 0.05) is 25.1 Å². The van der Waals surface area contributed by atoms with E-state index in [9.17, 15) is 18.0 Å². The molecule has 0 saturated carbocycles. The second kappa shape index (κ2) is 7.92. The lowest BCUT2D eigenvalue weighted by Crippen LogP contribution is -2.37. The SMILES string of the molecule is CN(C[C@@H]1CCCO1)C(=O)Nc1ccccc1SCC(F)(F)F. The van der Waals surface area contributed by atoms with Gasteiger partial charge in [0.2, 0.25) is 0 Å². The fourth-order valence-corrected chi connectivity index (χ4v) is 3.01. The number of rotatable bonds is 5. The summed E-state index contributed by atoms with van der Waals surface area (Å²) in [6.45, 7) is 1.17. The number of halogens is 3. The minimum absolute atomic E-state index is 0.0283. The Hall–Kier alpha value is -1.41. The summed E-state index contributed by atoms with van der Waals surface area (Å²) in [6, 6.07) is 6.11. The van der Waals surface area contributed by atoms with Crippen molar-refractivity contribution in [2.75, 3.05) is 31.3 Å². The van der Waals surface area contributed by atoms with E-state index in [0.29, 0.717) is 35.5 Å². The van der Waals surface area contributed by atoms with Crippen LogP contribution in [0.2, 0.25) is 0 Å². The van der Waals surface area contributed by atoms with E-state index in [2.05, 4.69) is 5.32 Å². The van der Waals surface area contributed by atoms with Crippen molar-refractivity contribution in [2.45, 2.75) is 30.0 Å². The molecule has 1 aliphatic rings. The average molecular weight is 348 g/mol. The van der Waals surface area contributed by atoms with Gasteiger partial charge in [-0.25, -0.2) is 4.79 Å². The third kappa shape index (κ3) is 5.95. The summed E-state index contributed by atoms with van der Waals surface area (Å²) in [6.07, 6.45) is -2.33. The van der Waals surface area contributed by atoms with E-state index >= 15 is 0 Å². The molecule has 0 aromatic heterocycles. The molecule has 8 heteroatoms. The molecule has 1 aliphatic heterocycles. The van der Waals surface area contributed by atoms with E-state index < -0.39 is 11.9 Å². The third-order valence-electron chi connectivity index (χ3n) is 3.37. The van der Waals surface area contributed by atoms with Crippen LogP contribution in [-0.2, 0) is 4.74 Å². The molecular weight excluding hydrogens is 329 g/mol. The topological polar surface area (TPSA) is 41.6 Å².